The van der Waals surface area contributed by atoms with Crippen LogP contribution in [-0.2, 0) is 4.79 Å². The largest absolute Gasteiger partial charge is 0.496 e. The molecule has 0 aliphatic rings. The quantitative estimate of drug-likeness (QED) is 0.855. The number of methoxy groups -OCH3 is 1. The molecule has 0 heterocycles. The number of hydrogen-bond donors (Lipinski definition) is 1. The van der Waals surface area contributed by atoms with Gasteiger partial charge in [0.2, 0.25) is 5.91 Å². The molecule has 0 radical (unpaired) electrons. The van der Waals surface area contributed by atoms with Gasteiger partial charge in [-0.3, -0.25) is 4.79 Å². The number of nitrogens with one attached hydrogen (secondary N) is 1. The van der Waals surface area contributed by atoms with Crippen molar-refractivity contribution in [3.05, 3.63) is 64.7 Å². The van der Waals surface area contributed by atoms with Gasteiger partial charge in [0.1, 0.15) is 5.75 Å². The molecule has 0 saturated carbocycles. The summed E-state index contributed by atoms with van der Waals surface area (Å²) in [4.78, 5) is 12.0. The van der Waals surface area contributed by atoms with Crippen molar-refractivity contribution in [2.45, 2.75) is 6.92 Å². The topological polar surface area (TPSA) is 38.3 Å². The number of ether oxygens (including phenoxy) is 1. The summed E-state index contributed by atoms with van der Waals surface area (Å²) in [5.41, 5.74) is 2.40. The first-order chi connectivity index (χ1) is 10.1. The summed E-state index contributed by atoms with van der Waals surface area (Å²) in [7, 11) is 1.60. The van der Waals surface area contributed by atoms with Crippen molar-refractivity contribution in [3.63, 3.8) is 0 Å². The van der Waals surface area contributed by atoms with Crippen molar-refractivity contribution in [2.75, 3.05) is 12.4 Å². The fraction of sp³-hybridized carbons (Fsp3) is 0.118. The van der Waals surface area contributed by atoms with E-state index in [0.717, 1.165) is 16.9 Å². The van der Waals surface area contributed by atoms with Crippen molar-refractivity contribution in [1.82, 2.24) is 0 Å². The van der Waals surface area contributed by atoms with Crippen LogP contribution >= 0.6 is 11.6 Å². The Balaban J connectivity index is 2.11. The average molecular weight is 302 g/mol. The van der Waals surface area contributed by atoms with E-state index in [4.69, 9.17) is 16.3 Å². The molecule has 0 spiro atoms. The molecule has 0 fully saturated rings. The molecule has 108 valence electrons. The van der Waals surface area contributed by atoms with E-state index >= 15 is 0 Å². The van der Waals surface area contributed by atoms with Crippen molar-refractivity contribution < 1.29 is 9.53 Å². The molecule has 21 heavy (non-hydrogen) atoms. The van der Waals surface area contributed by atoms with Crippen LogP contribution in [0.4, 0.5) is 5.69 Å². The summed E-state index contributed by atoms with van der Waals surface area (Å²) in [6.07, 6.45) is 3.19. The van der Waals surface area contributed by atoms with Gasteiger partial charge in [0.15, 0.2) is 0 Å². The number of carbonyl (C=O) groups is 1. The average Bonchev–Trinajstić information content (AvgIpc) is 2.50. The Kier molecular flexibility index (Phi) is 5.01. The van der Waals surface area contributed by atoms with Crippen LogP contribution in [0, 0.1) is 6.92 Å². The van der Waals surface area contributed by atoms with Gasteiger partial charge in [0.25, 0.3) is 0 Å². The molecular weight excluding hydrogens is 286 g/mol. The third kappa shape index (κ3) is 3.86. The van der Waals surface area contributed by atoms with Crippen LogP contribution in [0.15, 0.2) is 48.5 Å². The van der Waals surface area contributed by atoms with Gasteiger partial charge in [-0.1, -0.05) is 35.9 Å². The van der Waals surface area contributed by atoms with E-state index in [1.807, 2.05) is 37.3 Å². The Morgan fingerprint density at radius 3 is 2.71 bits per heavy atom. The molecule has 2 rings (SSSR count). The van der Waals surface area contributed by atoms with Crippen LogP contribution < -0.4 is 10.1 Å². The number of hydrogen-bond acceptors (Lipinski definition) is 2. The lowest BCUT2D eigenvalue weighted by atomic mass is 10.1. The van der Waals surface area contributed by atoms with Gasteiger partial charge in [0.05, 0.1) is 7.11 Å². The van der Waals surface area contributed by atoms with Crippen molar-refractivity contribution in [2.24, 2.45) is 0 Å². The highest BCUT2D eigenvalue weighted by Crippen LogP contribution is 2.23. The maximum absolute atomic E-state index is 12.0. The Hall–Kier alpha value is -2.26. The highest BCUT2D eigenvalue weighted by Gasteiger charge is 2.04. The summed E-state index contributed by atoms with van der Waals surface area (Å²) < 4.78 is 5.23. The van der Waals surface area contributed by atoms with E-state index in [-0.39, 0.29) is 5.91 Å². The number of rotatable bonds is 4. The molecule has 0 aliphatic carbocycles. The third-order valence-corrected chi connectivity index (χ3v) is 3.49. The zero-order chi connectivity index (χ0) is 15.2. The smallest absolute Gasteiger partial charge is 0.248 e. The minimum Gasteiger partial charge on any atom is -0.496 e. The molecule has 0 saturated heterocycles. The maximum Gasteiger partial charge on any atom is 0.248 e. The first-order valence-corrected chi connectivity index (χ1v) is 6.87. The molecular formula is C17H16ClNO2. The number of para-hydroxylation sites is 1. The van der Waals surface area contributed by atoms with E-state index in [1.165, 1.54) is 6.08 Å². The van der Waals surface area contributed by atoms with E-state index < -0.39 is 0 Å². The Bertz CT molecular complexity index is 680. The van der Waals surface area contributed by atoms with Crippen LogP contribution in [-0.4, -0.2) is 13.0 Å². The third-order valence-electron chi connectivity index (χ3n) is 3.08. The lowest BCUT2D eigenvalue weighted by molar-refractivity contribution is -0.111. The Labute approximate surface area is 129 Å². The molecule has 1 amide bonds. The predicted molar refractivity (Wildman–Crippen MR) is 86.8 cm³/mol. The molecule has 3 nitrogen and oxygen atoms in total. The minimum atomic E-state index is -0.216. The van der Waals surface area contributed by atoms with Crippen molar-refractivity contribution in [1.29, 1.82) is 0 Å². The van der Waals surface area contributed by atoms with Crippen LogP contribution in [0.1, 0.15) is 11.1 Å². The monoisotopic (exact) mass is 301 g/mol. The molecule has 0 unspecified atom stereocenters. The highest BCUT2D eigenvalue weighted by atomic mass is 35.5. The van der Waals surface area contributed by atoms with Gasteiger partial charge < -0.3 is 10.1 Å². The number of carbonyl (C=O) groups excluding carboxylic acids is 1. The molecule has 0 atom stereocenters. The maximum atomic E-state index is 12.0. The zero-order valence-corrected chi connectivity index (χ0v) is 12.6. The van der Waals surface area contributed by atoms with Crippen molar-refractivity contribution in [3.8, 4) is 5.75 Å². The second kappa shape index (κ2) is 6.95. The van der Waals surface area contributed by atoms with E-state index in [1.54, 1.807) is 25.3 Å². The number of halogens is 1. The Morgan fingerprint density at radius 2 is 1.95 bits per heavy atom. The summed E-state index contributed by atoms with van der Waals surface area (Å²) in [6.45, 7) is 1.86. The molecule has 0 bridgehead atoms. The molecule has 0 aliphatic heterocycles. The number of amides is 1. The Morgan fingerprint density at radius 1 is 1.19 bits per heavy atom. The van der Waals surface area contributed by atoms with Crippen molar-refractivity contribution >= 4 is 29.3 Å². The van der Waals surface area contributed by atoms with Crippen LogP contribution in [0.3, 0.4) is 0 Å². The summed E-state index contributed by atoms with van der Waals surface area (Å²) >= 11 is 6.02. The van der Waals surface area contributed by atoms with Gasteiger partial charge in [-0.15, -0.1) is 0 Å². The molecule has 1 N–H and O–H groups in total. The highest BCUT2D eigenvalue weighted by molar-refractivity contribution is 6.31. The predicted octanol–water partition coefficient (Wildman–Crippen LogP) is 4.31. The number of anilines is 1. The summed E-state index contributed by atoms with van der Waals surface area (Å²) in [5.74, 6) is 0.506. The van der Waals surface area contributed by atoms with Gasteiger partial charge in [-0.2, -0.15) is 0 Å². The van der Waals surface area contributed by atoms with Crippen LogP contribution in [0.5, 0.6) is 5.75 Å². The van der Waals surface area contributed by atoms with Crippen LogP contribution in [0.2, 0.25) is 5.02 Å². The zero-order valence-electron chi connectivity index (χ0n) is 11.9. The SMILES string of the molecule is COc1ccccc1/C=C/C(=O)Nc1cccc(Cl)c1C. The van der Waals surface area contributed by atoms with Gasteiger partial charge in [-0.25, -0.2) is 0 Å². The van der Waals surface area contributed by atoms with E-state index in [0.29, 0.717) is 10.7 Å². The first-order valence-electron chi connectivity index (χ1n) is 6.49. The fourth-order valence-corrected chi connectivity index (χ4v) is 2.06. The summed E-state index contributed by atoms with van der Waals surface area (Å²) in [6, 6.07) is 12.9. The molecule has 2 aromatic rings. The van der Waals surface area contributed by atoms with E-state index in [2.05, 4.69) is 5.32 Å². The normalized spacial score (nSPS) is 10.6. The first kappa shape index (κ1) is 15.1. The van der Waals surface area contributed by atoms with Gasteiger partial charge in [0, 0.05) is 22.3 Å². The molecule has 2 aromatic carbocycles. The van der Waals surface area contributed by atoms with Gasteiger partial charge >= 0.3 is 0 Å². The molecule has 0 aromatic heterocycles. The molecule has 4 heteroatoms. The lowest BCUT2D eigenvalue weighted by Gasteiger charge is -2.07. The van der Waals surface area contributed by atoms with E-state index in [9.17, 15) is 4.79 Å². The fourth-order valence-electron chi connectivity index (χ4n) is 1.89. The second-order valence-electron chi connectivity index (χ2n) is 4.48. The standard InChI is InChI=1S/C17H16ClNO2/c1-12-14(18)7-5-8-15(12)19-17(20)11-10-13-6-3-4-9-16(13)21-2/h3-11H,1-2H3,(H,19,20)/b11-10+. The van der Waals surface area contributed by atoms with Crippen LogP contribution in [0.25, 0.3) is 6.08 Å². The second-order valence-corrected chi connectivity index (χ2v) is 4.88. The number of benzene rings is 2. The summed E-state index contributed by atoms with van der Waals surface area (Å²) in [5, 5.41) is 3.43. The van der Waals surface area contributed by atoms with Gasteiger partial charge in [-0.05, 0) is 36.8 Å². The lowest BCUT2D eigenvalue weighted by Crippen LogP contribution is -2.09. The minimum absolute atomic E-state index is 0.216.